The maximum absolute atomic E-state index is 12.5. The molecule has 3 aromatic heterocycles. The first-order valence-electron chi connectivity index (χ1n) is 14.9. The predicted molar refractivity (Wildman–Crippen MR) is 163 cm³/mol. The number of aromatic amines is 1. The molecule has 1 fully saturated rings. The zero-order valence-electron chi connectivity index (χ0n) is 25.5. The summed E-state index contributed by atoms with van der Waals surface area (Å²) in [5.74, 6) is 1.68. The van der Waals surface area contributed by atoms with E-state index in [1.165, 1.54) is 11.3 Å². The van der Waals surface area contributed by atoms with Crippen molar-refractivity contribution in [3.63, 3.8) is 0 Å². The van der Waals surface area contributed by atoms with E-state index in [2.05, 4.69) is 33.1 Å². The summed E-state index contributed by atoms with van der Waals surface area (Å²) in [5.41, 5.74) is 5.24. The van der Waals surface area contributed by atoms with Gasteiger partial charge in [-0.3, -0.25) is 0 Å². The van der Waals surface area contributed by atoms with Crippen molar-refractivity contribution in [2.24, 2.45) is 0 Å². The summed E-state index contributed by atoms with van der Waals surface area (Å²) >= 11 is 0. The normalized spacial score (nSPS) is 17.7. The van der Waals surface area contributed by atoms with Crippen molar-refractivity contribution < 1.29 is 19.0 Å². The number of amides is 1. The summed E-state index contributed by atoms with van der Waals surface area (Å²) in [7, 11) is 1.60. The van der Waals surface area contributed by atoms with Crippen LogP contribution < -0.4 is 9.64 Å². The summed E-state index contributed by atoms with van der Waals surface area (Å²) in [4.78, 5) is 29.9. The van der Waals surface area contributed by atoms with Crippen LogP contribution in [0.1, 0.15) is 69.4 Å². The summed E-state index contributed by atoms with van der Waals surface area (Å²) in [5, 5.41) is 10.1. The quantitative estimate of drug-likeness (QED) is 0.287. The molecular weight excluding hydrogens is 546 g/mol. The van der Waals surface area contributed by atoms with Crippen LogP contribution in [-0.4, -0.2) is 75.3 Å². The number of methoxy groups -OCH3 is 1. The van der Waals surface area contributed by atoms with Gasteiger partial charge in [-0.2, -0.15) is 0 Å². The van der Waals surface area contributed by atoms with Crippen molar-refractivity contribution in [3.8, 4) is 17.0 Å². The molecule has 0 radical (unpaired) electrons. The standard InChI is InChI=1S/C32H39N7O4/c1-20-28-23-18-26(22-8-6-7-9-27(22)42-19-41-5)36-37-29(23)34-25(28)13-17-39(20)30-33-14-10-24(35-30)21-11-15-38(16-12-21)31(40)43-32(2,3)4/h6-10,14,18,20-21H,11-13,15-17,19H2,1-5H3,(H,34,37)/t20-/m0/s1. The molecule has 1 saturated heterocycles. The molecule has 11 nitrogen and oxygen atoms in total. The highest BCUT2D eigenvalue weighted by Gasteiger charge is 2.32. The van der Waals surface area contributed by atoms with Gasteiger partial charge in [0, 0.05) is 73.2 Å². The van der Waals surface area contributed by atoms with Gasteiger partial charge in [-0.1, -0.05) is 12.1 Å². The molecule has 1 atom stereocenters. The topological polar surface area (TPSA) is 119 Å². The molecule has 2 aliphatic heterocycles. The Kier molecular flexibility index (Phi) is 7.91. The highest BCUT2D eigenvalue weighted by Crippen LogP contribution is 2.39. The van der Waals surface area contributed by atoms with E-state index in [4.69, 9.17) is 24.2 Å². The highest BCUT2D eigenvalue weighted by molar-refractivity contribution is 5.86. The number of fused-ring (bicyclic) bond motifs is 3. The fourth-order valence-corrected chi connectivity index (χ4v) is 6.06. The van der Waals surface area contributed by atoms with Gasteiger partial charge in [0.25, 0.3) is 0 Å². The minimum absolute atomic E-state index is 0.0267. The SMILES string of the molecule is COCOc1ccccc1-c1cc2c3c([nH]c2nn1)CCN(c1nccc(C2CCN(C(=O)OC(C)(C)C)CC2)n1)[C@H]3C. The zero-order chi connectivity index (χ0) is 30.1. The summed E-state index contributed by atoms with van der Waals surface area (Å²) in [6.45, 7) is 10.1. The van der Waals surface area contributed by atoms with E-state index in [1.807, 2.05) is 57.3 Å². The van der Waals surface area contributed by atoms with E-state index in [9.17, 15) is 4.79 Å². The Balaban J connectivity index is 1.23. The van der Waals surface area contributed by atoms with Crippen molar-refractivity contribution >= 4 is 23.1 Å². The van der Waals surface area contributed by atoms with Gasteiger partial charge in [-0.15, -0.1) is 10.2 Å². The first kappa shape index (κ1) is 28.9. The third kappa shape index (κ3) is 5.99. The van der Waals surface area contributed by atoms with Crippen LogP contribution in [0.4, 0.5) is 10.7 Å². The van der Waals surface area contributed by atoms with E-state index in [-0.39, 0.29) is 24.8 Å². The fourth-order valence-electron chi connectivity index (χ4n) is 6.06. The molecule has 0 aliphatic carbocycles. The molecule has 2 aliphatic rings. The number of anilines is 1. The number of piperidine rings is 1. The Bertz CT molecular complexity index is 1610. The van der Waals surface area contributed by atoms with E-state index < -0.39 is 5.60 Å². The van der Waals surface area contributed by atoms with E-state index in [1.54, 1.807) is 12.0 Å². The predicted octanol–water partition coefficient (Wildman–Crippen LogP) is 5.64. The fraction of sp³-hybridized carbons (Fsp3) is 0.469. The molecule has 43 heavy (non-hydrogen) atoms. The molecule has 5 heterocycles. The summed E-state index contributed by atoms with van der Waals surface area (Å²) in [6, 6.07) is 11.9. The van der Waals surface area contributed by atoms with Gasteiger partial charge in [-0.05, 0) is 64.8 Å². The second-order valence-corrected chi connectivity index (χ2v) is 12.2. The number of hydrogen-bond donors (Lipinski definition) is 1. The van der Waals surface area contributed by atoms with Gasteiger partial charge in [0.1, 0.15) is 11.4 Å². The lowest BCUT2D eigenvalue weighted by Crippen LogP contribution is -2.41. The average Bonchev–Trinajstić information content (AvgIpc) is 3.38. The van der Waals surface area contributed by atoms with Gasteiger partial charge in [0.05, 0.1) is 11.7 Å². The molecule has 11 heteroatoms. The second-order valence-electron chi connectivity index (χ2n) is 12.2. The lowest BCUT2D eigenvalue weighted by molar-refractivity contribution is 0.0204. The number of carbonyl (C=O) groups excluding carboxylic acids is 1. The molecular formula is C32H39N7O4. The van der Waals surface area contributed by atoms with Crippen LogP contribution in [-0.2, 0) is 15.9 Å². The Labute approximate surface area is 251 Å². The highest BCUT2D eigenvalue weighted by atomic mass is 16.7. The Morgan fingerprint density at radius 1 is 1.09 bits per heavy atom. The lowest BCUT2D eigenvalue weighted by atomic mass is 9.93. The molecule has 226 valence electrons. The molecule has 1 amide bonds. The van der Waals surface area contributed by atoms with Crippen LogP contribution in [0, 0.1) is 0 Å². The van der Waals surface area contributed by atoms with Gasteiger partial charge >= 0.3 is 6.09 Å². The first-order valence-corrected chi connectivity index (χ1v) is 14.9. The number of ether oxygens (including phenoxy) is 3. The molecule has 6 rings (SSSR count). The largest absolute Gasteiger partial charge is 0.467 e. The molecule has 1 aromatic carbocycles. The second kappa shape index (κ2) is 11.8. The maximum atomic E-state index is 12.5. The van der Waals surface area contributed by atoms with Crippen LogP contribution in [0.3, 0.4) is 0 Å². The van der Waals surface area contributed by atoms with Crippen molar-refractivity contribution in [2.75, 3.05) is 38.4 Å². The maximum Gasteiger partial charge on any atom is 0.410 e. The molecule has 0 saturated carbocycles. The van der Waals surface area contributed by atoms with Crippen LogP contribution >= 0.6 is 0 Å². The molecule has 4 aromatic rings. The van der Waals surface area contributed by atoms with Gasteiger partial charge in [0.15, 0.2) is 12.4 Å². The monoisotopic (exact) mass is 585 g/mol. The smallest absolute Gasteiger partial charge is 0.410 e. The van der Waals surface area contributed by atoms with Crippen molar-refractivity contribution in [1.29, 1.82) is 0 Å². The first-order chi connectivity index (χ1) is 20.7. The third-order valence-electron chi connectivity index (χ3n) is 8.15. The van der Waals surface area contributed by atoms with Gasteiger partial charge < -0.3 is 29.0 Å². The zero-order valence-corrected chi connectivity index (χ0v) is 25.5. The number of para-hydroxylation sites is 1. The number of nitrogens with zero attached hydrogens (tertiary/aromatic N) is 6. The van der Waals surface area contributed by atoms with E-state index in [0.29, 0.717) is 18.8 Å². The van der Waals surface area contributed by atoms with E-state index >= 15 is 0 Å². The minimum Gasteiger partial charge on any atom is -0.467 e. The Morgan fingerprint density at radius 2 is 1.88 bits per heavy atom. The number of benzene rings is 1. The average molecular weight is 586 g/mol. The number of carbonyl (C=O) groups is 1. The number of rotatable bonds is 6. The molecule has 0 bridgehead atoms. The lowest BCUT2D eigenvalue weighted by Gasteiger charge is -2.35. The van der Waals surface area contributed by atoms with Crippen LogP contribution in [0.15, 0.2) is 42.6 Å². The molecule has 1 N–H and O–H groups in total. The van der Waals surface area contributed by atoms with Crippen molar-refractivity contribution in [2.45, 2.75) is 64.5 Å². The van der Waals surface area contributed by atoms with Crippen LogP contribution in [0.25, 0.3) is 22.3 Å². The minimum atomic E-state index is -0.498. The summed E-state index contributed by atoms with van der Waals surface area (Å²) in [6.07, 6.45) is 4.12. The van der Waals surface area contributed by atoms with Crippen LogP contribution in [0.5, 0.6) is 5.75 Å². The van der Waals surface area contributed by atoms with Gasteiger partial charge in [-0.25, -0.2) is 14.8 Å². The Morgan fingerprint density at radius 3 is 2.65 bits per heavy atom. The van der Waals surface area contributed by atoms with Crippen molar-refractivity contribution in [1.82, 2.24) is 30.0 Å². The van der Waals surface area contributed by atoms with Crippen LogP contribution in [0.2, 0.25) is 0 Å². The molecule has 0 spiro atoms. The number of H-pyrrole nitrogens is 1. The Hall–Kier alpha value is -4.25. The number of aromatic nitrogens is 5. The number of likely N-dealkylation sites (tertiary alicyclic amines) is 1. The number of nitrogens with one attached hydrogen (secondary N) is 1. The van der Waals surface area contributed by atoms with Gasteiger partial charge in [0.2, 0.25) is 5.95 Å². The summed E-state index contributed by atoms with van der Waals surface area (Å²) < 4.78 is 16.5. The third-order valence-corrected chi connectivity index (χ3v) is 8.15. The van der Waals surface area contributed by atoms with E-state index in [0.717, 1.165) is 59.7 Å². The molecule has 0 unspecified atom stereocenters. The number of hydrogen-bond acceptors (Lipinski definition) is 9. The van der Waals surface area contributed by atoms with Crippen molar-refractivity contribution in [3.05, 3.63) is 59.5 Å².